The normalized spacial score (nSPS) is 15.4. The van der Waals surface area contributed by atoms with Crippen molar-refractivity contribution >= 4 is 11.4 Å². The molecule has 1 unspecified atom stereocenters. The van der Waals surface area contributed by atoms with Crippen LogP contribution in [0.4, 0.5) is 4.39 Å². The van der Waals surface area contributed by atoms with Gasteiger partial charge in [-0.15, -0.1) is 0 Å². The lowest BCUT2D eigenvalue weighted by Crippen LogP contribution is -2.12. The molecular weight excluding hydrogens is 355 g/mol. The van der Waals surface area contributed by atoms with Gasteiger partial charge in [-0.2, -0.15) is 0 Å². The van der Waals surface area contributed by atoms with Gasteiger partial charge in [0.15, 0.2) is 5.78 Å². The number of halogens is 1. The fraction of sp³-hybridized carbons (Fsp3) is 0.292. The van der Waals surface area contributed by atoms with Gasteiger partial charge in [-0.1, -0.05) is 49.3 Å². The predicted octanol–water partition coefficient (Wildman–Crippen LogP) is 4.50. The topological polar surface area (TPSA) is 35.5 Å². The number of benzene rings is 1. The van der Waals surface area contributed by atoms with Crippen LogP contribution in [-0.4, -0.2) is 33.2 Å². The number of ether oxygens (including phenoxy) is 2. The lowest BCUT2D eigenvalue weighted by Gasteiger charge is -2.14. The third kappa shape index (κ3) is 6.16. The Hall–Kier alpha value is -2.74. The third-order valence-electron chi connectivity index (χ3n) is 4.39. The summed E-state index contributed by atoms with van der Waals surface area (Å²) >= 11 is 0. The zero-order chi connectivity index (χ0) is 20.5. The largest absolute Gasteiger partial charge is 0.380 e. The Morgan fingerprint density at radius 3 is 2.57 bits per heavy atom. The number of ketones is 1. The second kappa shape index (κ2) is 10.6. The van der Waals surface area contributed by atoms with Gasteiger partial charge in [0.1, 0.15) is 5.82 Å². The predicted molar refractivity (Wildman–Crippen MR) is 110 cm³/mol. The van der Waals surface area contributed by atoms with Gasteiger partial charge in [-0.05, 0) is 35.6 Å². The summed E-state index contributed by atoms with van der Waals surface area (Å²) in [6.45, 7) is 8.22. The van der Waals surface area contributed by atoms with Crippen LogP contribution in [0.25, 0.3) is 5.57 Å². The van der Waals surface area contributed by atoms with Gasteiger partial charge in [-0.25, -0.2) is 4.39 Å². The van der Waals surface area contributed by atoms with E-state index in [4.69, 9.17) is 9.47 Å². The second-order valence-electron chi connectivity index (χ2n) is 6.66. The quantitative estimate of drug-likeness (QED) is 0.492. The Labute approximate surface area is 166 Å². The van der Waals surface area contributed by atoms with E-state index >= 15 is 0 Å². The summed E-state index contributed by atoms with van der Waals surface area (Å²) < 4.78 is 24.2. The molecule has 1 aromatic rings. The van der Waals surface area contributed by atoms with Gasteiger partial charge < -0.3 is 9.47 Å². The van der Waals surface area contributed by atoms with Crippen molar-refractivity contribution in [1.29, 1.82) is 0 Å². The van der Waals surface area contributed by atoms with Crippen molar-refractivity contribution in [3.05, 3.63) is 77.7 Å². The summed E-state index contributed by atoms with van der Waals surface area (Å²) in [6.07, 6.45) is 6.93. The molecule has 0 fully saturated rings. The fourth-order valence-corrected chi connectivity index (χ4v) is 2.78. The second-order valence-corrected chi connectivity index (χ2v) is 6.66. The Kier molecular flexibility index (Phi) is 8.13. The van der Waals surface area contributed by atoms with Crippen LogP contribution in [0.1, 0.15) is 24.0 Å². The minimum absolute atomic E-state index is 0.0108. The molecule has 1 aliphatic carbocycles. The van der Waals surface area contributed by atoms with E-state index in [1.165, 1.54) is 6.07 Å². The molecule has 146 valence electrons. The lowest BCUT2D eigenvalue weighted by atomic mass is 9.91. The number of methoxy groups -OCH3 is 2. The van der Waals surface area contributed by atoms with Crippen molar-refractivity contribution in [1.82, 2.24) is 0 Å². The summed E-state index contributed by atoms with van der Waals surface area (Å²) in [5.41, 5.74) is 3.04. The van der Waals surface area contributed by atoms with Crippen molar-refractivity contribution in [2.45, 2.75) is 12.8 Å². The van der Waals surface area contributed by atoms with E-state index in [1.54, 1.807) is 26.4 Å². The van der Waals surface area contributed by atoms with Gasteiger partial charge >= 0.3 is 0 Å². The monoisotopic (exact) mass is 380 g/mol. The molecule has 1 atom stereocenters. The van der Waals surface area contributed by atoms with Gasteiger partial charge in [0.25, 0.3) is 0 Å². The molecule has 1 aliphatic rings. The number of carbonyl (C=O) groups is 1. The summed E-state index contributed by atoms with van der Waals surface area (Å²) in [7, 11) is 3.11. The van der Waals surface area contributed by atoms with Crippen LogP contribution in [0.5, 0.6) is 0 Å². The van der Waals surface area contributed by atoms with E-state index in [0.29, 0.717) is 41.7 Å². The maximum absolute atomic E-state index is 14.3. The van der Waals surface area contributed by atoms with E-state index in [-0.39, 0.29) is 24.1 Å². The Bertz CT molecular complexity index is 881. The van der Waals surface area contributed by atoms with Crippen LogP contribution >= 0.6 is 0 Å². The molecule has 0 N–H and O–H groups in total. The highest BCUT2D eigenvalue weighted by molar-refractivity contribution is 5.95. The minimum atomic E-state index is -0.386. The Balaban J connectivity index is 1.98. The summed E-state index contributed by atoms with van der Waals surface area (Å²) in [4.78, 5) is 12.0. The van der Waals surface area contributed by atoms with E-state index in [2.05, 4.69) is 25.0 Å². The molecule has 0 bridgehead atoms. The maximum Gasteiger partial charge on any atom is 0.161 e. The zero-order valence-electron chi connectivity index (χ0n) is 16.4. The van der Waals surface area contributed by atoms with Crippen LogP contribution in [0.15, 0.2) is 60.7 Å². The zero-order valence-corrected chi connectivity index (χ0v) is 16.4. The molecular formula is C24H25FO3. The molecule has 0 radical (unpaired) electrons. The van der Waals surface area contributed by atoms with Crippen LogP contribution in [0.3, 0.4) is 0 Å². The van der Waals surface area contributed by atoms with E-state index in [1.807, 2.05) is 18.2 Å². The first-order valence-corrected chi connectivity index (χ1v) is 9.01. The molecule has 0 aromatic heterocycles. The van der Waals surface area contributed by atoms with Gasteiger partial charge in [0, 0.05) is 31.8 Å². The first kappa shape index (κ1) is 21.6. The summed E-state index contributed by atoms with van der Waals surface area (Å²) in [5.74, 6) is 5.60. The van der Waals surface area contributed by atoms with E-state index in [9.17, 15) is 9.18 Å². The van der Waals surface area contributed by atoms with Crippen molar-refractivity contribution in [3.8, 4) is 11.8 Å². The molecule has 0 saturated heterocycles. The number of Topliss-reactive ketones (excluding diaryl/α,β-unsaturated/α-hetero) is 1. The molecule has 2 rings (SSSR count). The third-order valence-corrected chi connectivity index (χ3v) is 4.39. The summed E-state index contributed by atoms with van der Waals surface area (Å²) in [5, 5.41) is 0. The average Bonchev–Trinajstić information content (AvgIpc) is 2.68. The van der Waals surface area contributed by atoms with Crippen LogP contribution in [0.2, 0.25) is 0 Å². The van der Waals surface area contributed by atoms with Crippen molar-refractivity contribution in [3.63, 3.8) is 0 Å². The molecule has 0 heterocycles. The number of carbonyl (C=O) groups excluding carboxylic acids is 1. The molecule has 4 heteroatoms. The molecule has 0 aliphatic heterocycles. The number of hydrogen-bond donors (Lipinski definition) is 0. The molecule has 3 nitrogen and oxygen atoms in total. The van der Waals surface area contributed by atoms with Gasteiger partial charge in [0.2, 0.25) is 0 Å². The lowest BCUT2D eigenvalue weighted by molar-refractivity contribution is -0.116. The van der Waals surface area contributed by atoms with Crippen LogP contribution < -0.4 is 0 Å². The van der Waals surface area contributed by atoms with Crippen molar-refractivity contribution in [2.24, 2.45) is 5.92 Å². The van der Waals surface area contributed by atoms with Crippen LogP contribution in [-0.2, 0) is 14.3 Å². The Morgan fingerprint density at radius 1 is 1.21 bits per heavy atom. The van der Waals surface area contributed by atoms with E-state index in [0.717, 1.165) is 5.57 Å². The molecule has 1 aromatic carbocycles. The maximum atomic E-state index is 14.3. The first-order chi connectivity index (χ1) is 13.4. The minimum Gasteiger partial charge on any atom is -0.380 e. The molecule has 0 amide bonds. The highest BCUT2D eigenvalue weighted by Crippen LogP contribution is 2.21. The van der Waals surface area contributed by atoms with Crippen LogP contribution in [0, 0.1) is 23.6 Å². The molecule has 0 saturated carbocycles. The fourth-order valence-electron chi connectivity index (χ4n) is 2.78. The average molecular weight is 380 g/mol. The van der Waals surface area contributed by atoms with Gasteiger partial charge in [0.05, 0.1) is 18.8 Å². The smallest absolute Gasteiger partial charge is 0.161 e. The van der Waals surface area contributed by atoms with Gasteiger partial charge in [-0.3, -0.25) is 4.79 Å². The number of hydrogen-bond acceptors (Lipinski definition) is 3. The highest BCUT2D eigenvalue weighted by Gasteiger charge is 2.15. The number of rotatable bonds is 8. The SMILES string of the molecule is C=C(COC)C(=O)CC1C=CC(C#Cc2ccc(C(=C)COC)cc2F)=CC1. The van der Waals surface area contributed by atoms with E-state index < -0.39 is 0 Å². The van der Waals surface area contributed by atoms with Crippen molar-refractivity contribution in [2.75, 3.05) is 27.4 Å². The summed E-state index contributed by atoms with van der Waals surface area (Å²) in [6, 6.07) is 4.85. The number of allylic oxidation sites excluding steroid dienone is 4. The molecule has 28 heavy (non-hydrogen) atoms. The standard InChI is InChI=1S/C24H25FO3/c1-17(15-27-3)22-12-11-21(23(25)14-22)10-9-19-5-7-20(8-6-19)13-24(26)18(2)16-28-4/h5-7,11-12,14,20H,1-2,8,13,15-16H2,3-4H3. The Morgan fingerprint density at radius 2 is 1.96 bits per heavy atom. The first-order valence-electron chi connectivity index (χ1n) is 9.01. The highest BCUT2D eigenvalue weighted by atomic mass is 19.1. The molecule has 0 spiro atoms. The van der Waals surface area contributed by atoms with Crippen molar-refractivity contribution < 1.29 is 18.7 Å².